The minimum Gasteiger partial charge on any atom is -0.378 e. The number of ether oxygens (including phenoxy) is 1. The van der Waals surface area contributed by atoms with Crippen LogP contribution in [0.15, 0.2) is 0 Å². The Labute approximate surface area is 93.8 Å². The molecule has 0 aromatic rings. The number of nitrogens with one attached hydrogen (secondary N) is 1. The summed E-state index contributed by atoms with van der Waals surface area (Å²) in [6.45, 7) is 7.54. The molecule has 0 heterocycles. The van der Waals surface area contributed by atoms with E-state index in [0.29, 0.717) is 17.6 Å². The SMILES string of the molecule is CCOC1CC(NC(C)CC)C12CCC2. The molecule has 0 radical (unpaired) electrons. The highest BCUT2D eigenvalue weighted by Gasteiger charge is 2.58. The second-order valence-corrected chi connectivity index (χ2v) is 5.29. The first-order valence-corrected chi connectivity index (χ1v) is 6.60. The second kappa shape index (κ2) is 4.42. The first-order valence-electron chi connectivity index (χ1n) is 6.60. The summed E-state index contributed by atoms with van der Waals surface area (Å²) in [5.74, 6) is 0. The lowest BCUT2D eigenvalue weighted by Crippen LogP contribution is -2.67. The normalized spacial score (nSPS) is 34.6. The van der Waals surface area contributed by atoms with E-state index in [4.69, 9.17) is 4.74 Å². The van der Waals surface area contributed by atoms with Crippen molar-refractivity contribution in [1.82, 2.24) is 5.32 Å². The second-order valence-electron chi connectivity index (χ2n) is 5.29. The first-order chi connectivity index (χ1) is 7.23. The van der Waals surface area contributed by atoms with E-state index in [1.54, 1.807) is 0 Å². The van der Waals surface area contributed by atoms with Crippen LogP contribution in [-0.4, -0.2) is 24.8 Å². The molecule has 2 nitrogen and oxygen atoms in total. The van der Waals surface area contributed by atoms with E-state index in [1.807, 2.05) is 0 Å². The van der Waals surface area contributed by atoms with Crippen molar-refractivity contribution in [3.05, 3.63) is 0 Å². The van der Waals surface area contributed by atoms with Crippen LogP contribution in [0.3, 0.4) is 0 Å². The van der Waals surface area contributed by atoms with Gasteiger partial charge in [-0.3, -0.25) is 0 Å². The molecule has 15 heavy (non-hydrogen) atoms. The van der Waals surface area contributed by atoms with Gasteiger partial charge in [0, 0.05) is 24.1 Å². The quantitative estimate of drug-likeness (QED) is 0.755. The van der Waals surface area contributed by atoms with Crippen molar-refractivity contribution >= 4 is 0 Å². The molecule has 0 saturated heterocycles. The van der Waals surface area contributed by atoms with Gasteiger partial charge in [-0.1, -0.05) is 13.3 Å². The molecular formula is C13H25NO. The Morgan fingerprint density at radius 3 is 2.60 bits per heavy atom. The molecule has 0 aromatic heterocycles. The summed E-state index contributed by atoms with van der Waals surface area (Å²) >= 11 is 0. The molecule has 2 fully saturated rings. The van der Waals surface area contributed by atoms with Gasteiger partial charge in [0.25, 0.3) is 0 Å². The fourth-order valence-electron chi connectivity index (χ4n) is 3.13. The van der Waals surface area contributed by atoms with Crippen molar-refractivity contribution in [3.8, 4) is 0 Å². The molecule has 2 heteroatoms. The summed E-state index contributed by atoms with van der Waals surface area (Å²) in [5.41, 5.74) is 0.527. The van der Waals surface area contributed by atoms with E-state index in [9.17, 15) is 0 Å². The Morgan fingerprint density at radius 2 is 2.13 bits per heavy atom. The Bertz CT molecular complexity index is 213. The Morgan fingerprint density at radius 1 is 1.40 bits per heavy atom. The maximum atomic E-state index is 5.84. The van der Waals surface area contributed by atoms with Crippen molar-refractivity contribution in [2.75, 3.05) is 6.61 Å². The zero-order chi connectivity index (χ0) is 10.9. The highest BCUT2D eigenvalue weighted by Crippen LogP contribution is 2.57. The molecule has 0 bridgehead atoms. The van der Waals surface area contributed by atoms with Gasteiger partial charge in [0.1, 0.15) is 0 Å². The molecule has 1 N–H and O–H groups in total. The van der Waals surface area contributed by atoms with Gasteiger partial charge >= 0.3 is 0 Å². The van der Waals surface area contributed by atoms with E-state index in [0.717, 1.165) is 12.6 Å². The predicted molar refractivity (Wildman–Crippen MR) is 63.0 cm³/mol. The lowest BCUT2D eigenvalue weighted by molar-refractivity contribution is -0.174. The maximum absolute atomic E-state index is 5.84. The van der Waals surface area contributed by atoms with Crippen molar-refractivity contribution < 1.29 is 4.74 Å². The molecule has 2 aliphatic carbocycles. The van der Waals surface area contributed by atoms with E-state index in [2.05, 4.69) is 26.1 Å². The van der Waals surface area contributed by atoms with Crippen LogP contribution in [0.1, 0.15) is 52.9 Å². The number of hydrogen-bond donors (Lipinski definition) is 1. The lowest BCUT2D eigenvalue weighted by atomic mass is 9.51. The third-order valence-corrected chi connectivity index (χ3v) is 4.54. The minimum absolute atomic E-state index is 0.527. The zero-order valence-electron chi connectivity index (χ0n) is 10.4. The van der Waals surface area contributed by atoms with Crippen molar-refractivity contribution in [1.29, 1.82) is 0 Å². The summed E-state index contributed by atoms with van der Waals surface area (Å²) in [4.78, 5) is 0. The standard InChI is InChI=1S/C13H25NO/c1-4-10(3)14-11-9-12(15-5-2)13(11)7-6-8-13/h10-12,14H,4-9H2,1-3H3. The van der Waals surface area contributed by atoms with Crippen molar-refractivity contribution in [3.63, 3.8) is 0 Å². The summed E-state index contributed by atoms with van der Waals surface area (Å²) < 4.78 is 5.84. The van der Waals surface area contributed by atoms with Crippen LogP contribution >= 0.6 is 0 Å². The van der Waals surface area contributed by atoms with Gasteiger partial charge in [-0.15, -0.1) is 0 Å². The smallest absolute Gasteiger partial charge is 0.0661 e. The molecule has 88 valence electrons. The summed E-state index contributed by atoms with van der Waals surface area (Å²) in [6, 6.07) is 1.40. The molecule has 0 aromatic carbocycles. The van der Waals surface area contributed by atoms with Crippen molar-refractivity contribution in [2.24, 2.45) is 5.41 Å². The maximum Gasteiger partial charge on any atom is 0.0661 e. The van der Waals surface area contributed by atoms with Gasteiger partial charge in [-0.05, 0) is 39.5 Å². The van der Waals surface area contributed by atoms with Crippen LogP contribution in [0.5, 0.6) is 0 Å². The highest BCUT2D eigenvalue weighted by molar-refractivity contribution is 5.12. The van der Waals surface area contributed by atoms with Crippen LogP contribution in [0.25, 0.3) is 0 Å². The third-order valence-electron chi connectivity index (χ3n) is 4.54. The van der Waals surface area contributed by atoms with E-state index in [-0.39, 0.29) is 0 Å². The predicted octanol–water partition coefficient (Wildman–Crippen LogP) is 2.72. The fourth-order valence-corrected chi connectivity index (χ4v) is 3.13. The van der Waals surface area contributed by atoms with E-state index < -0.39 is 0 Å². The van der Waals surface area contributed by atoms with Crippen molar-refractivity contribution in [2.45, 2.75) is 71.1 Å². The summed E-state index contributed by atoms with van der Waals surface area (Å²) in [6.07, 6.45) is 7.18. The van der Waals surface area contributed by atoms with Crippen LogP contribution < -0.4 is 5.32 Å². The molecule has 2 saturated carbocycles. The average molecular weight is 211 g/mol. The molecule has 3 unspecified atom stereocenters. The summed E-state index contributed by atoms with van der Waals surface area (Å²) in [5, 5.41) is 3.77. The van der Waals surface area contributed by atoms with Gasteiger partial charge in [0.2, 0.25) is 0 Å². The Balaban J connectivity index is 1.88. The molecular weight excluding hydrogens is 186 g/mol. The first kappa shape index (κ1) is 11.4. The number of rotatable bonds is 5. The van der Waals surface area contributed by atoms with Crippen LogP contribution in [0.4, 0.5) is 0 Å². The molecule has 3 atom stereocenters. The minimum atomic E-state index is 0.527. The lowest BCUT2D eigenvalue weighted by Gasteiger charge is -2.61. The fraction of sp³-hybridized carbons (Fsp3) is 1.00. The molecule has 2 rings (SSSR count). The highest BCUT2D eigenvalue weighted by atomic mass is 16.5. The molecule has 1 spiro atoms. The van der Waals surface area contributed by atoms with E-state index >= 15 is 0 Å². The largest absolute Gasteiger partial charge is 0.378 e. The molecule has 0 amide bonds. The Hall–Kier alpha value is -0.0800. The van der Waals surface area contributed by atoms with Gasteiger partial charge < -0.3 is 10.1 Å². The zero-order valence-corrected chi connectivity index (χ0v) is 10.4. The van der Waals surface area contributed by atoms with Gasteiger partial charge in [-0.2, -0.15) is 0 Å². The third kappa shape index (κ3) is 1.83. The topological polar surface area (TPSA) is 21.3 Å². The molecule has 2 aliphatic rings. The van der Waals surface area contributed by atoms with Gasteiger partial charge in [0.15, 0.2) is 0 Å². The van der Waals surface area contributed by atoms with Gasteiger partial charge in [0.05, 0.1) is 6.10 Å². The van der Waals surface area contributed by atoms with Crippen LogP contribution in [0.2, 0.25) is 0 Å². The molecule has 0 aliphatic heterocycles. The average Bonchev–Trinajstić information content (AvgIpc) is 2.13. The summed E-state index contributed by atoms with van der Waals surface area (Å²) in [7, 11) is 0. The van der Waals surface area contributed by atoms with Gasteiger partial charge in [-0.25, -0.2) is 0 Å². The monoisotopic (exact) mass is 211 g/mol. The van der Waals surface area contributed by atoms with Crippen LogP contribution in [0, 0.1) is 5.41 Å². The van der Waals surface area contributed by atoms with Crippen LogP contribution in [-0.2, 0) is 4.74 Å². The Kier molecular flexibility index (Phi) is 3.36. The van der Waals surface area contributed by atoms with E-state index in [1.165, 1.54) is 32.1 Å². The number of hydrogen-bond acceptors (Lipinski definition) is 2.